The van der Waals surface area contributed by atoms with Crippen LogP contribution in [-0.4, -0.2) is 34.8 Å². The summed E-state index contributed by atoms with van der Waals surface area (Å²) in [6, 6.07) is 4.24. The molecule has 0 aliphatic carbocycles. The number of nitrogens with one attached hydrogen (secondary N) is 1. The Morgan fingerprint density at radius 1 is 1.55 bits per heavy atom. The molecule has 0 saturated carbocycles. The topological polar surface area (TPSA) is 102 Å². The molecule has 1 fully saturated rings. The van der Waals surface area contributed by atoms with Crippen molar-refractivity contribution in [2.45, 2.75) is 25.3 Å². The first-order valence-electron chi connectivity index (χ1n) is 6.29. The highest BCUT2D eigenvalue weighted by Gasteiger charge is 2.32. The quantitative estimate of drug-likeness (QED) is 0.648. The predicted octanol–water partition coefficient (Wildman–Crippen LogP) is 2.27. The van der Waals surface area contributed by atoms with Crippen molar-refractivity contribution >= 4 is 17.3 Å². The number of aromatic carboxylic acids is 1. The van der Waals surface area contributed by atoms with E-state index in [1.54, 1.807) is 0 Å². The Morgan fingerprint density at radius 2 is 2.30 bits per heavy atom. The first-order valence-corrected chi connectivity index (χ1v) is 6.29. The second-order valence-corrected chi connectivity index (χ2v) is 5.11. The van der Waals surface area contributed by atoms with Crippen LogP contribution in [0.5, 0.6) is 0 Å². The monoisotopic (exact) mass is 280 g/mol. The Bertz CT molecular complexity index is 538. The second kappa shape index (κ2) is 5.46. The third-order valence-electron chi connectivity index (χ3n) is 3.32. The summed E-state index contributed by atoms with van der Waals surface area (Å²) in [5.74, 6) is -1.31. The van der Waals surface area contributed by atoms with Crippen LogP contribution in [0.25, 0.3) is 0 Å². The van der Waals surface area contributed by atoms with Crippen molar-refractivity contribution in [1.29, 1.82) is 0 Å². The number of benzene rings is 1. The van der Waals surface area contributed by atoms with Crippen molar-refractivity contribution in [3.63, 3.8) is 0 Å². The molecule has 1 aliphatic heterocycles. The predicted molar refractivity (Wildman–Crippen MR) is 72.1 cm³/mol. The third kappa shape index (κ3) is 2.88. The number of nitrogens with zero attached hydrogens (tertiary/aromatic N) is 1. The van der Waals surface area contributed by atoms with Crippen LogP contribution >= 0.6 is 0 Å². The minimum Gasteiger partial charge on any atom is -0.477 e. The maximum Gasteiger partial charge on any atom is 0.342 e. The summed E-state index contributed by atoms with van der Waals surface area (Å²) < 4.78 is 5.39. The number of carboxylic acid groups (broad SMARTS) is 1. The molecule has 1 saturated heterocycles. The van der Waals surface area contributed by atoms with Gasteiger partial charge in [0.25, 0.3) is 0 Å². The molecule has 2 rings (SSSR count). The SMILES string of the molecule is CC1(Nc2cccc(C(=O)O)c2[N+](=O)[O-])CCCOC1. The molecule has 2 N–H and O–H groups in total. The lowest BCUT2D eigenvalue weighted by Crippen LogP contribution is -2.43. The average Bonchev–Trinajstić information content (AvgIpc) is 2.38. The molecule has 7 nitrogen and oxygen atoms in total. The summed E-state index contributed by atoms with van der Waals surface area (Å²) in [7, 11) is 0. The zero-order valence-electron chi connectivity index (χ0n) is 11.1. The van der Waals surface area contributed by atoms with E-state index in [1.165, 1.54) is 18.2 Å². The Morgan fingerprint density at radius 3 is 2.85 bits per heavy atom. The van der Waals surface area contributed by atoms with Gasteiger partial charge in [-0.3, -0.25) is 10.1 Å². The van der Waals surface area contributed by atoms with Crippen LogP contribution in [-0.2, 0) is 4.74 Å². The van der Waals surface area contributed by atoms with Crippen LogP contribution in [0.1, 0.15) is 30.1 Å². The summed E-state index contributed by atoms with van der Waals surface area (Å²) in [6.45, 7) is 3.01. The zero-order chi connectivity index (χ0) is 14.8. The molecule has 1 aromatic carbocycles. The first-order chi connectivity index (χ1) is 9.43. The smallest absolute Gasteiger partial charge is 0.342 e. The molecule has 0 radical (unpaired) electrons. The van der Waals surface area contributed by atoms with E-state index in [0.29, 0.717) is 13.2 Å². The zero-order valence-corrected chi connectivity index (χ0v) is 11.1. The number of anilines is 1. The van der Waals surface area contributed by atoms with Gasteiger partial charge in [-0.1, -0.05) is 6.07 Å². The van der Waals surface area contributed by atoms with Gasteiger partial charge in [0.15, 0.2) is 0 Å². The molecular weight excluding hydrogens is 264 g/mol. The number of nitro benzene ring substituents is 1. The fourth-order valence-corrected chi connectivity index (χ4v) is 2.37. The maximum absolute atomic E-state index is 11.2. The van der Waals surface area contributed by atoms with Crippen molar-refractivity contribution in [3.8, 4) is 0 Å². The number of rotatable bonds is 4. The van der Waals surface area contributed by atoms with Crippen LogP contribution in [0.2, 0.25) is 0 Å². The normalized spacial score (nSPS) is 22.2. The summed E-state index contributed by atoms with van der Waals surface area (Å²) in [6.07, 6.45) is 1.66. The third-order valence-corrected chi connectivity index (χ3v) is 3.32. The molecule has 0 spiro atoms. The van der Waals surface area contributed by atoms with Gasteiger partial charge < -0.3 is 15.2 Å². The van der Waals surface area contributed by atoms with Gasteiger partial charge in [0.2, 0.25) is 0 Å². The lowest BCUT2D eigenvalue weighted by molar-refractivity contribution is -0.384. The van der Waals surface area contributed by atoms with E-state index in [1.807, 2.05) is 6.92 Å². The molecule has 20 heavy (non-hydrogen) atoms. The highest BCUT2D eigenvalue weighted by atomic mass is 16.6. The fraction of sp³-hybridized carbons (Fsp3) is 0.462. The molecule has 7 heteroatoms. The van der Waals surface area contributed by atoms with E-state index in [9.17, 15) is 14.9 Å². The van der Waals surface area contributed by atoms with E-state index < -0.39 is 22.1 Å². The van der Waals surface area contributed by atoms with Crippen LogP contribution in [0, 0.1) is 10.1 Å². The Kier molecular flexibility index (Phi) is 3.89. The van der Waals surface area contributed by atoms with Crippen LogP contribution < -0.4 is 5.32 Å². The molecule has 1 aliphatic rings. The molecule has 0 amide bonds. The van der Waals surface area contributed by atoms with Crippen molar-refractivity contribution < 1.29 is 19.6 Å². The highest BCUT2D eigenvalue weighted by molar-refractivity contribution is 5.95. The second-order valence-electron chi connectivity index (χ2n) is 5.11. The summed E-state index contributed by atoms with van der Waals surface area (Å²) in [5, 5.41) is 23.3. The van der Waals surface area contributed by atoms with Crippen molar-refractivity contribution in [3.05, 3.63) is 33.9 Å². The summed E-state index contributed by atoms with van der Waals surface area (Å²) in [5.41, 5.74) is -0.949. The van der Waals surface area contributed by atoms with Crippen LogP contribution in [0.15, 0.2) is 18.2 Å². The number of carbonyl (C=O) groups is 1. The van der Waals surface area contributed by atoms with E-state index in [2.05, 4.69) is 5.32 Å². The Balaban J connectivity index is 2.38. The van der Waals surface area contributed by atoms with E-state index in [0.717, 1.165) is 12.8 Å². The van der Waals surface area contributed by atoms with Gasteiger partial charge in [-0.15, -0.1) is 0 Å². The minimum atomic E-state index is -1.31. The van der Waals surface area contributed by atoms with Gasteiger partial charge in [0.05, 0.1) is 17.1 Å². The van der Waals surface area contributed by atoms with Crippen LogP contribution in [0.4, 0.5) is 11.4 Å². The number of hydrogen-bond acceptors (Lipinski definition) is 5. The maximum atomic E-state index is 11.2. The standard InChI is InChI=1S/C13H16N2O5/c1-13(6-3-7-20-8-13)14-10-5-2-4-9(12(16)17)11(10)15(18)19/h2,4-5,14H,3,6-8H2,1H3,(H,16,17). The fourth-order valence-electron chi connectivity index (χ4n) is 2.37. The van der Waals surface area contributed by atoms with E-state index in [4.69, 9.17) is 9.84 Å². The van der Waals surface area contributed by atoms with Gasteiger partial charge in [0, 0.05) is 6.61 Å². The number of carboxylic acids is 1. The van der Waals surface area contributed by atoms with Gasteiger partial charge in [-0.05, 0) is 31.9 Å². The number of ether oxygens (including phenoxy) is 1. The Labute approximate surface area is 115 Å². The van der Waals surface area contributed by atoms with E-state index >= 15 is 0 Å². The molecule has 1 heterocycles. The molecule has 1 unspecified atom stereocenters. The van der Waals surface area contributed by atoms with Gasteiger partial charge in [0.1, 0.15) is 11.3 Å². The van der Waals surface area contributed by atoms with Gasteiger partial charge in [-0.25, -0.2) is 4.79 Å². The minimum absolute atomic E-state index is 0.211. The molecule has 1 atom stereocenters. The lowest BCUT2D eigenvalue weighted by atomic mass is 9.94. The van der Waals surface area contributed by atoms with Crippen molar-refractivity contribution in [1.82, 2.24) is 0 Å². The number of hydrogen-bond donors (Lipinski definition) is 2. The van der Waals surface area contributed by atoms with Crippen molar-refractivity contribution in [2.75, 3.05) is 18.5 Å². The largest absolute Gasteiger partial charge is 0.477 e. The molecule has 108 valence electrons. The molecule has 1 aromatic rings. The first kappa shape index (κ1) is 14.3. The molecular formula is C13H16N2O5. The number of para-hydroxylation sites is 1. The lowest BCUT2D eigenvalue weighted by Gasteiger charge is -2.35. The van der Waals surface area contributed by atoms with Gasteiger partial charge in [-0.2, -0.15) is 0 Å². The van der Waals surface area contributed by atoms with Crippen LogP contribution in [0.3, 0.4) is 0 Å². The molecule has 0 aromatic heterocycles. The summed E-state index contributed by atoms with van der Waals surface area (Å²) in [4.78, 5) is 21.6. The van der Waals surface area contributed by atoms with Crippen molar-refractivity contribution in [2.24, 2.45) is 0 Å². The Hall–Kier alpha value is -2.15. The average molecular weight is 280 g/mol. The number of nitro groups is 1. The molecule has 0 bridgehead atoms. The highest BCUT2D eigenvalue weighted by Crippen LogP contribution is 2.33. The van der Waals surface area contributed by atoms with E-state index in [-0.39, 0.29) is 11.3 Å². The summed E-state index contributed by atoms with van der Waals surface area (Å²) >= 11 is 0. The van der Waals surface area contributed by atoms with Gasteiger partial charge >= 0.3 is 11.7 Å².